The van der Waals surface area contributed by atoms with Gasteiger partial charge in [0.1, 0.15) is 11.1 Å². The largest absolute Gasteiger partial charge is 0.422 e. The second kappa shape index (κ2) is 5.55. The molecule has 1 aromatic heterocycles. The molecule has 0 amide bonds. The molecule has 2 aromatic carbocycles. The summed E-state index contributed by atoms with van der Waals surface area (Å²) in [5.74, 6) is 0. The maximum Gasteiger partial charge on any atom is 0.345 e. The summed E-state index contributed by atoms with van der Waals surface area (Å²) < 4.78 is 32.6. The predicted octanol–water partition coefficient (Wildman–Crippen LogP) is 5.00. The van der Waals surface area contributed by atoms with Crippen molar-refractivity contribution in [3.05, 3.63) is 68.1 Å². The molecule has 0 N–H and O–H groups in total. The van der Waals surface area contributed by atoms with Crippen molar-refractivity contribution in [2.45, 2.75) is 6.43 Å². The highest BCUT2D eigenvalue weighted by Gasteiger charge is 2.23. The molecule has 0 aliphatic carbocycles. The molecule has 0 atom stereocenters. The fraction of sp³-hybridized carbons (Fsp3) is 0.0625. The van der Waals surface area contributed by atoms with Gasteiger partial charge in [-0.3, -0.25) is 0 Å². The van der Waals surface area contributed by atoms with E-state index in [4.69, 9.17) is 4.42 Å². The van der Waals surface area contributed by atoms with Gasteiger partial charge in [0.25, 0.3) is 6.43 Å². The molecule has 3 aromatic rings. The van der Waals surface area contributed by atoms with Crippen molar-refractivity contribution >= 4 is 33.6 Å². The number of hydrogen-bond acceptors (Lipinski definition) is 2. The van der Waals surface area contributed by atoms with Gasteiger partial charge < -0.3 is 4.42 Å². The molecule has 2 nitrogen and oxygen atoms in total. The minimum Gasteiger partial charge on any atom is -0.422 e. The van der Waals surface area contributed by atoms with Gasteiger partial charge in [-0.15, -0.1) is 0 Å². The van der Waals surface area contributed by atoms with Crippen LogP contribution >= 0.6 is 22.6 Å². The lowest BCUT2D eigenvalue weighted by atomic mass is 9.97. The first-order valence-corrected chi connectivity index (χ1v) is 7.25. The van der Waals surface area contributed by atoms with Crippen LogP contribution in [0.4, 0.5) is 8.78 Å². The lowest BCUT2D eigenvalue weighted by molar-refractivity contribution is 0.147. The van der Waals surface area contributed by atoms with E-state index in [0.29, 0.717) is 16.5 Å². The van der Waals surface area contributed by atoms with Gasteiger partial charge >= 0.3 is 5.63 Å². The molecule has 0 radical (unpaired) electrons. The fourth-order valence-electron chi connectivity index (χ4n) is 2.30. The molecule has 21 heavy (non-hydrogen) atoms. The van der Waals surface area contributed by atoms with E-state index in [1.54, 1.807) is 48.5 Å². The maximum absolute atomic E-state index is 13.3. The smallest absolute Gasteiger partial charge is 0.345 e. The van der Waals surface area contributed by atoms with Crippen molar-refractivity contribution in [2.75, 3.05) is 0 Å². The summed E-state index contributed by atoms with van der Waals surface area (Å²) >= 11 is 2.08. The standard InChI is InChI=1S/C16H9F2IO2/c17-15(18)14-13(9-4-2-1-3-5-9)11-7-6-10(19)8-12(11)21-16(14)20/h1-8,15H. The molecule has 1 heterocycles. The molecule has 3 rings (SSSR count). The van der Waals surface area contributed by atoms with E-state index in [0.717, 1.165) is 3.57 Å². The number of halogens is 3. The molecular weight excluding hydrogens is 389 g/mol. The van der Waals surface area contributed by atoms with Crippen molar-refractivity contribution < 1.29 is 13.2 Å². The lowest BCUT2D eigenvalue weighted by Crippen LogP contribution is -2.10. The molecule has 0 spiro atoms. The Kier molecular flexibility index (Phi) is 3.75. The van der Waals surface area contributed by atoms with Gasteiger partial charge in [-0.05, 0) is 46.4 Å². The highest BCUT2D eigenvalue weighted by Crippen LogP contribution is 2.35. The van der Waals surface area contributed by atoms with Gasteiger partial charge in [0.15, 0.2) is 0 Å². The van der Waals surface area contributed by atoms with Crippen LogP contribution in [0.2, 0.25) is 0 Å². The molecule has 106 valence electrons. The quantitative estimate of drug-likeness (QED) is 0.449. The van der Waals surface area contributed by atoms with E-state index in [9.17, 15) is 13.6 Å². The summed E-state index contributed by atoms with van der Waals surface area (Å²) in [6.45, 7) is 0. The summed E-state index contributed by atoms with van der Waals surface area (Å²) in [6, 6.07) is 13.9. The summed E-state index contributed by atoms with van der Waals surface area (Å²) in [6.07, 6.45) is -2.89. The Hall–Kier alpha value is -1.76. The van der Waals surface area contributed by atoms with Crippen molar-refractivity contribution in [3.63, 3.8) is 0 Å². The fourth-order valence-corrected chi connectivity index (χ4v) is 2.77. The summed E-state index contributed by atoms with van der Waals surface area (Å²) in [5.41, 5.74) is -0.441. The highest BCUT2D eigenvalue weighted by molar-refractivity contribution is 14.1. The first-order chi connectivity index (χ1) is 10.1. The predicted molar refractivity (Wildman–Crippen MR) is 85.6 cm³/mol. The van der Waals surface area contributed by atoms with Gasteiger partial charge in [0.05, 0.1) is 0 Å². The van der Waals surface area contributed by atoms with E-state index in [2.05, 4.69) is 22.6 Å². The molecule has 0 saturated heterocycles. The van der Waals surface area contributed by atoms with Crippen LogP contribution in [0, 0.1) is 3.57 Å². The Labute approximate surface area is 132 Å². The lowest BCUT2D eigenvalue weighted by Gasteiger charge is -2.11. The normalized spacial score (nSPS) is 11.2. The van der Waals surface area contributed by atoms with Crippen LogP contribution in [0.5, 0.6) is 0 Å². The van der Waals surface area contributed by atoms with Crippen LogP contribution < -0.4 is 5.63 Å². The van der Waals surface area contributed by atoms with Crippen LogP contribution in [-0.2, 0) is 0 Å². The topological polar surface area (TPSA) is 30.2 Å². The van der Waals surface area contributed by atoms with Gasteiger partial charge in [0.2, 0.25) is 0 Å². The van der Waals surface area contributed by atoms with E-state index < -0.39 is 17.6 Å². The molecule has 0 saturated carbocycles. The first kappa shape index (κ1) is 14.2. The minimum atomic E-state index is -2.89. The number of rotatable bonds is 2. The van der Waals surface area contributed by atoms with E-state index in [1.807, 2.05) is 0 Å². The SMILES string of the molecule is O=c1oc2cc(I)ccc2c(-c2ccccc2)c1C(F)F. The second-order valence-electron chi connectivity index (χ2n) is 4.49. The number of hydrogen-bond donors (Lipinski definition) is 0. The molecule has 0 bridgehead atoms. The maximum atomic E-state index is 13.3. The van der Waals surface area contributed by atoms with Gasteiger partial charge in [-0.1, -0.05) is 30.3 Å². The number of benzene rings is 2. The average Bonchev–Trinajstić information content (AvgIpc) is 2.46. The van der Waals surface area contributed by atoms with E-state index >= 15 is 0 Å². The molecule has 5 heteroatoms. The van der Waals surface area contributed by atoms with Crippen molar-refractivity contribution in [2.24, 2.45) is 0 Å². The third kappa shape index (κ3) is 2.57. The van der Waals surface area contributed by atoms with Crippen LogP contribution in [0.15, 0.2) is 57.7 Å². The minimum absolute atomic E-state index is 0.244. The number of alkyl halides is 2. The highest BCUT2D eigenvalue weighted by atomic mass is 127. The van der Waals surface area contributed by atoms with Crippen molar-refractivity contribution in [3.8, 4) is 11.1 Å². The number of fused-ring (bicyclic) bond motifs is 1. The van der Waals surface area contributed by atoms with E-state index in [1.165, 1.54) is 0 Å². The third-order valence-electron chi connectivity index (χ3n) is 3.19. The molecule has 0 fully saturated rings. The zero-order valence-corrected chi connectivity index (χ0v) is 12.8. The Morgan fingerprint density at radius 2 is 1.76 bits per heavy atom. The van der Waals surface area contributed by atoms with E-state index in [-0.39, 0.29) is 5.56 Å². The van der Waals surface area contributed by atoms with Crippen molar-refractivity contribution in [1.82, 2.24) is 0 Å². The summed E-state index contributed by atoms with van der Waals surface area (Å²) in [5, 5.41) is 0.511. The summed E-state index contributed by atoms with van der Waals surface area (Å²) in [4.78, 5) is 11.9. The monoisotopic (exact) mass is 398 g/mol. The van der Waals surface area contributed by atoms with Crippen LogP contribution in [0.1, 0.15) is 12.0 Å². The molecule has 0 aliphatic heterocycles. The third-order valence-corrected chi connectivity index (χ3v) is 3.86. The Morgan fingerprint density at radius 3 is 2.43 bits per heavy atom. The first-order valence-electron chi connectivity index (χ1n) is 6.18. The second-order valence-corrected chi connectivity index (χ2v) is 5.73. The van der Waals surface area contributed by atoms with Crippen LogP contribution in [0.25, 0.3) is 22.1 Å². The Morgan fingerprint density at radius 1 is 1.05 bits per heavy atom. The summed E-state index contributed by atoms with van der Waals surface area (Å²) in [7, 11) is 0. The molecule has 0 aliphatic rings. The van der Waals surface area contributed by atoms with Crippen LogP contribution in [0.3, 0.4) is 0 Å². The Bertz CT molecular complexity index is 857. The van der Waals surface area contributed by atoms with Gasteiger partial charge in [0, 0.05) is 14.5 Å². The van der Waals surface area contributed by atoms with Crippen molar-refractivity contribution in [1.29, 1.82) is 0 Å². The van der Waals surface area contributed by atoms with Gasteiger partial charge in [-0.2, -0.15) is 0 Å². The van der Waals surface area contributed by atoms with Gasteiger partial charge in [-0.25, -0.2) is 13.6 Å². The zero-order chi connectivity index (χ0) is 15.0. The average molecular weight is 398 g/mol. The zero-order valence-electron chi connectivity index (χ0n) is 10.6. The molecular formula is C16H9F2IO2. The molecule has 0 unspecified atom stereocenters. The Balaban J connectivity index is 2.48. The van der Waals surface area contributed by atoms with Crippen LogP contribution in [-0.4, -0.2) is 0 Å².